The molecule has 2 aromatic rings. The normalized spacial score (nSPS) is 11.3. The first kappa shape index (κ1) is 11.9. The van der Waals surface area contributed by atoms with Crippen molar-refractivity contribution in [1.29, 1.82) is 0 Å². The van der Waals surface area contributed by atoms with Crippen molar-refractivity contribution in [1.82, 2.24) is 18.7 Å². The Morgan fingerprint density at radius 2 is 1.88 bits per heavy atom. The first-order chi connectivity index (χ1) is 8.02. The largest absolute Gasteiger partial charge is 0.332 e. The number of rotatable bonds is 2. The third kappa shape index (κ3) is 1.51. The highest BCUT2D eigenvalue weighted by Crippen LogP contribution is 2.12. The second kappa shape index (κ2) is 4.03. The summed E-state index contributed by atoms with van der Waals surface area (Å²) in [5.41, 5.74) is 0.0586. The summed E-state index contributed by atoms with van der Waals surface area (Å²) in [4.78, 5) is 28.0. The molecule has 0 atom stereocenters. The molecule has 0 amide bonds. The monoisotopic (exact) mass is 256 g/mol. The Labute approximate surface area is 102 Å². The summed E-state index contributed by atoms with van der Waals surface area (Å²) in [6.07, 6.45) is 0. The van der Waals surface area contributed by atoms with Gasteiger partial charge in [-0.2, -0.15) is 0 Å². The standard InChI is InChI=1S/C10H13ClN4O2/c1-4-15-6(5-11)12-7-8(15)13(2)10(17)14(3)9(7)16/h4-5H2,1-3H3. The lowest BCUT2D eigenvalue weighted by Gasteiger charge is -2.07. The molecular formula is C10H13ClN4O2. The molecule has 0 spiro atoms. The lowest BCUT2D eigenvalue weighted by molar-refractivity contribution is 0.673. The number of nitrogens with zero attached hydrogens (tertiary/aromatic N) is 4. The van der Waals surface area contributed by atoms with E-state index in [4.69, 9.17) is 11.6 Å². The van der Waals surface area contributed by atoms with Gasteiger partial charge in [0.05, 0.1) is 5.88 Å². The molecule has 2 aromatic heterocycles. The Kier molecular flexibility index (Phi) is 2.82. The summed E-state index contributed by atoms with van der Waals surface area (Å²) in [7, 11) is 3.06. The summed E-state index contributed by atoms with van der Waals surface area (Å²) in [6, 6.07) is 0. The van der Waals surface area contributed by atoms with Crippen molar-refractivity contribution in [3.8, 4) is 0 Å². The Hall–Kier alpha value is -1.56. The summed E-state index contributed by atoms with van der Waals surface area (Å²) in [5.74, 6) is 0.808. The smallest absolute Gasteiger partial charge is 0.313 e. The maximum absolute atomic E-state index is 11.9. The highest BCUT2D eigenvalue weighted by atomic mass is 35.5. The molecule has 0 bridgehead atoms. The Morgan fingerprint density at radius 3 is 2.41 bits per heavy atom. The first-order valence-corrected chi connectivity index (χ1v) is 5.77. The summed E-state index contributed by atoms with van der Waals surface area (Å²) >= 11 is 5.79. The molecule has 0 unspecified atom stereocenters. The number of hydrogen-bond donors (Lipinski definition) is 0. The van der Waals surface area contributed by atoms with Crippen LogP contribution in [-0.4, -0.2) is 18.7 Å². The van der Waals surface area contributed by atoms with Gasteiger partial charge in [-0.15, -0.1) is 11.6 Å². The van der Waals surface area contributed by atoms with Crippen LogP contribution in [0.5, 0.6) is 0 Å². The van der Waals surface area contributed by atoms with Crippen LogP contribution < -0.4 is 11.2 Å². The zero-order chi connectivity index (χ0) is 12.7. The molecule has 92 valence electrons. The van der Waals surface area contributed by atoms with Crippen LogP contribution in [-0.2, 0) is 26.5 Å². The highest BCUT2D eigenvalue weighted by molar-refractivity contribution is 6.16. The van der Waals surface area contributed by atoms with Gasteiger partial charge in [-0.25, -0.2) is 9.78 Å². The Balaban J connectivity index is 3.09. The minimum Gasteiger partial charge on any atom is -0.313 e. The van der Waals surface area contributed by atoms with Crippen molar-refractivity contribution in [3.63, 3.8) is 0 Å². The van der Waals surface area contributed by atoms with Crippen molar-refractivity contribution >= 4 is 22.8 Å². The van der Waals surface area contributed by atoms with Crippen LogP contribution in [0.15, 0.2) is 9.59 Å². The minimum atomic E-state index is -0.387. The van der Waals surface area contributed by atoms with E-state index in [2.05, 4.69) is 4.98 Å². The molecule has 0 aliphatic carbocycles. The predicted molar refractivity (Wildman–Crippen MR) is 65.4 cm³/mol. The quantitative estimate of drug-likeness (QED) is 0.721. The SMILES string of the molecule is CCn1c(CCl)nc2c(=O)n(C)c(=O)n(C)c21. The van der Waals surface area contributed by atoms with Gasteiger partial charge >= 0.3 is 5.69 Å². The van der Waals surface area contributed by atoms with Crippen LogP contribution >= 0.6 is 11.6 Å². The fourth-order valence-electron chi connectivity index (χ4n) is 1.97. The Morgan fingerprint density at radius 1 is 1.24 bits per heavy atom. The van der Waals surface area contributed by atoms with Gasteiger partial charge < -0.3 is 4.57 Å². The van der Waals surface area contributed by atoms with E-state index in [9.17, 15) is 9.59 Å². The molecule has 7 heteroatoms. The highest BCUT2D eigenvalue weighted by Gasteiger charge is 2.17. The molecule has 0 fully saturated rings. The van der Waals surface area contributed by atoms with E-state index in [1.165, 1.54) is 11.6 Å². The summed E-state index contributed by atoms with van der Waals surface area (Å²) in [6.45, 7) is 2.53. The molecule has 0 aliphatic rings. The average molecular weight is 257 g/mol. The van der Waals surface area contributed by atoms with Crippen LogP contribution in [0.2, 0.25) is 0 Å². The van der Waals surface area contributed by atoms with Crippen LogP contribution in [0.25, 0.3) is 11.2 Å². The fourth-order valence-corrected chi connectivity index (χ4v) is 2.17. The molecule has 0 radical (unpaired) electrons. The van der Waals surface area contributed by atoms with Gasteiger partial charge in [-0.3, -0.25) is 13.9 Å². The number of aromatic nitrogens is 4. The molecule has 2 rings (SSSR count). The fraction of sp³-hybridized carbons (Fsp3) is 0.500. The summed E-state index contributed by atoms with van der Waals surface area (Å²) in [5, 5.41) is 0. The molecule has 0 N–H and O–H groups in total. The van der Waals surface area contributed by atoms with Crippen molar-refractivity contribution in [3.05, 3.63) is 26.7 Å². The van der Waals surface area contributed by atoms with Gasteiger partial charge in [-0.1, -0.05) is 0 Å². The third-order valence-electron chi connectivity index (χ3n) is 2.85. The topological polar surface area (TPSA) is 61.8 Å². The lowest BCUT2D eigenvalue weighted by Crippen LogP contribution is -2.37. The van der Waals surface area contributed by atoms with Crippen molar-refractivity contribution in [2.75, 3.05) is 0 Å². The van der Waals surface area contributed by atoms with E-state index in [0.717, 1.165) is 4.57 Å². The molecule has 6 nitrogen and oxygen atoms in total. The molecule has 0 saturated heterocycles. The zero-order valence-electron chi connectivity index (χ0n) is 9.90. The number of alkyl halides is 1. The number of fused-ring (bicyclic) bond motifs is 1. The maximum Gasteiger partial charge on any atom is 0.332 e. The van der Waals surface area contributed by atoms with Gasteiger partial charge in [0.2, 0.25) is 0 Å². The van der Waals surface area contributed by atoms with E-state index in [-0.39, 0.29) is 22.6 Å². The molecular weight excluding hydrogens is 244 g/mol. The van der Waals surface area contributed by atoms with Crippen LogP contribution in [0, 0.1) is 0 Å². The second-order valence-corrected chi connectivity index (χ2v) is 4.05. The molecule has 0 aliphatic heterocycles. The van der Waals surface area contributed by atoms with E-state index in [1.54, 1.807) is 11.6 Å². The minimum absolute atomic E-state index is 0.208. The second-order valence-electron chi connectivity index (χ2n) is 3.78. The molecule has 0 aromatic carbocycles. The van der Waals surface area contributed by atoms with Gasteiger partial charge in [0.25, 0.3) is 5.56 Å². The molecule has 17 heavy (non-hydrogen) atoms. The van der Waals surface area contributed by atoms with Crippen LogP contribution in [0.4, 0.5) is 0 Å². The number of halogens is 1. The summed E-state index contributed by atoms with van der Waals surface area (Å²) < 4.78 is 4.25. The van der Waals surface area contributed by atoms with E-state index < -0.39 is 0 Å². The van der Waals surface area contributed by atoms with Crippen LogP contribution in [0.3, 0.4) is 0 Å². The average Bonchev–Trinajstić information content (AvgIpc) is 2.72. The maximum atomic E-state index is 11.9. The van der Waals surface area contributed by atoms with Crippen molar-refractivity contribution in [2.45, 2.75) is 19.3 Å². The van der Waals surface area contributed by atoms with Crippen LogP contribution in [0.1, 0.15) is 12.7 Å². The predicted octanol–water partition coefficient (Wildman–Crippen LogP) is 0.192. The third-order valence-corrected chi connectivity index (χ3v) is 3.09. The Bertz CT molecular complexity index is 695. The van der Waals surface area contributed by atoms with Gasteiger partial charge in [-0.05, 0) is 6.92 Å². The van der Waals surface area contributed by atoms with E-state index >= 15 is 0 Å². The van der Waals surface area contributed by atoms with Gasteiger partial charge in [0, 0.05) is 20.6 Å². The van der Waals surface area contributed by atoms with Crippen molar-refractivity contribution < 1.29 is 0 Å². The van der Waals surface area contributed by atoms with E-state index in [1.807, 2.05) is 6.92 Å². The number of hydrogen-bond acceptors (Lipinski definition) is 3. The lowest BCUT2D eigenvalue weighted by atomic mass is 10.5. The number of aryl methyl sites for hydroxylation is 2. The molecule has 2 heterocycles. The van der Waals surface area contributed by atoms with E-state index in [0.29, 0.717) is 18.0 Å². The van der Waals surface area contributed by atoms with Gasteiger partial charge in [0.15, 0.2) is 5.52 Å². The first-order valence-electron chi connectivity index (χ1n) is 5.24. The zero-order valence-corrected chi connectivity index (χ0v) is 10.7. The van der Waals surface area contributed by atoms with Gasteiger partial charge in [0.1, 0.15) is 11.5 Å². The number of imidazole rings is 1. The molecule has 0 saturated carbocycles. The van der Waals surface area contributed by atoms with Crippen molar-refractivity contribution in [2.24, 2.45) is 14.1 Å².